The highest BCUT2D eigenvalue weighted by atomic mass is 16.5. The highest BCUT2D eigenvalue weighted by Crippen LogP contribution is 2.61. The van der Waals surface area contributed by atoms with Crippen LogP contribution in [0.3, 0.4) is 0 Å². The molecule has 2 heterocycles. The lowest BCUT2D eigenvalue weighted by molar-refractivity contribution is -0.146. The van der Waals surface area contributed by atoms with Crippen LogP contribution >= 0.6 is 0 Å². The number of esters is 1. The van der Waals surface area contributed by atoms with Crippen LogP contribution < -0.4 is 4.90 Å². The van der Waals surface area contributed by atoms with Crippen LogP contribution in [0.4, 0.5) is 5.69 Å². The van der Waals surface area contributed by atoms with Gasteiger partial charge in [-0.3, -0.25) is 14.5 Å². The first-order valence-corrected chi connectivity index (χ1v) is 10.5. The number of para-hydroxylation sites is 1. The normalized spacial score (nSPS) is 20.7. The molecule has 2 aliphatic rings. The van der Waals surface area contributed by atoms with Crippen LogP contribution in [-0.2, 0) is 15.1 Å². The largest absolute Gasteiger partial charge is 0.465 e. The molecule has 0 unspecified atom stereocenters. The molecular formula is C27H23NO3. The van der Waals surface area contributed by atoms with E-state index in [1.165, 1.54) is 0 Å². The SMILES string of the molecule is C=C(C)CCOC(=O)[C@@H]1c2ccccc2N2C(=O)c3ccccc3[C@]12c1ccccc1. The van der Waals surface area contributed by atoms with Gasteiger partial charge >= 0.3 is 5.97 Å². The molecule has 0 bridgehead atoms. The lowest BCUT2D eigenvalue weighted by atomic mass is 9.72. The zero-order valence-corrected chi connectivity index (χ0v) is 17.4. The number of rotatable bonds is 5. The van der Waals surface area contributed by atoms with Gasteiger partial charge in [-0.15, -0.1) is 6.58 Å². The summed E-state index contributed by atoms with van der Waals surface area (Å²) in [5, 5.41) is 0. The topological polar surface area (TPSA) is 46.6 Å². The molecule has 3 aromatic carbocycles. The highest BCUT2D eigenvalue weighted by molar-refractivity contribution is 6.16. The van der Waals surface area contributed by atoms with Crippen molar-refractivity contribution in [1.82, 2.24) is 0 Å². The summed E-state index contributed by atoms with van der Waals surface area (Å²) in [6, 6.07) is 25.0. The average Bonchev–Trinajstić information content (AvgIpc) is 3.23. The standard InChI is InChI=1S/C27H23NO3/c1-18(2)16-17-31-26(30)24-21-13-7-9-15-23(21)28-25(29)20-12-6-8-14-22(20)27(24,28)19-10-4-3-5-11-19/h3-15,24H,1,16-17H2,2H3/t24-,27+/m0/s1. The first-order valence-electron chi connectivity index (χ1n) is 10.5. The Kier molecular flexibility index (Phi) is 4.51. The van der Waals surface area contributed by atoms with Crippen LogP contribution in [0.1, 0.15) is 46.3 Å². The van der Waals surface area contributed by atoms with Crippen molar-refractivity contribution in [2.24, 2.45) is 0 Å². The Morgan fingerprint density at radius 2 is 1.68 bits per heavy atom. The molecule has 5 rings (SSSR count). The average molecular weight is 409 g/mol. The minimum absolute atomic E-state index is 0.0934. The van der Waals surface area contributed by atoms with Crippen molar-refractivity contribution in [3.05, 3.63) is 113 Å². The number of nitrogens with zero attached hydrogens (tertiary/aromatic N) is 1. The fourth-order valence-corrected chi connectivity index (χ4v) is 5.00. The molecule has 1 amide bonds. The maximum atomic E-state index is 13.7. The molecule has 0 radical (unpaired) electrons. The first-order chi connectivity index (χ1) is 15.1. The molecule has 0 fully saturated rings. The van der Waals surface area contributed by atoms with E-state index in [1.807, 2.05) is 85.8 Å². The minimum Gasteiger partial charge on any atom is -0.465 e. The van der Waals surface area contributed by atoms with Crippen LogP contribution in [0.25, 0.3) is 0 Å². The van der Waals surface area contributed by atoms with Gasteiger partial charge in [0.15, 0.2) is 0 Å². The summed E-state index contributed by atoms with van der Waals surface area (Å²) < 4.78 is 5.76. The number of amides is 1. The lowest BCUT2D eigenvalue weighted by Crippen LogP contribution is -2.47. The van der Waals surface area contributed by atoms with E-state index in [9.17, 15) is 9.59 Å². The zero-order valence-electron chi connectivity index (χ0n) is 17.4. The molecule has 31 heavy (non-hydrogen) atoms. The van der Waals surface area contributed by atoms with Crippen molar-refractivity contribution in [2.45, 2.75) is 24.8 Å². The number of ether oxygens (including phenoxy) is 1. The Morgan fingerprint density at radius 1 is 1.00 bits per heavy atom. The molecular weight excluding hydrogens is 386 g/mol. The van der Waals surface area contributed by atoms with E-state index in [-0.39, 0.29) is 18.5 Å². The summed E-state index contributed by atoms with van der Waals surface area (Å²) in [5.41, 5.74) is 3.92. The fraction of sp³-hybridized carbons (Fsp3) is 0.185. The number of carbonyl (C=O) groups excluding carboxylic acids is 2. The molecule has 0 saturated carbocycles. The van der Waals surface area contributed by atoms with Gasteiger partial charge in [-0.05, 0) is 35.7 Å². The molecule has 0 aromatic heterocycles. The van der Waals surface area contributed by atoms with Crippen LogP contribution in [0.2, 0.25) is 0 Å². The summed E-state index contributed by atoms with van der Waals surface area (Å²) in [4.78, 5) is 29.1. The van der Waals surface area contributed by atoms with Gasteiger partial charge in [-0.2, -0.15) is 0 Å². The summed E-state index contributed by atoms with van der Waals surface area (Å²) in [5.74, 6) is -1.09. The predicted molar refractivity (Wildman–Crippen MR) is 120 cm³/mol. The van der Waals surface area contributed by atoms with Crippen LogP contribution in [0, 0.1) is 0 Å². The zero-order chi connectivity index (χ0) is 21.6. The summed E-state index contributed by atoms with van der Waals surface area (Å²) in [7, 11) is 0. The smallest absolute Gasteiger partial charge is 0.316 e. The Balaban J connectivity index is 1.76. The summed E-state index contributed by atoms with van der Waals surface area (Å²) >= 11 is 0. The third kappa shape index (κ3) is 2.68. The van der Waals surface area contributed by atoms with Crippen molar-refractivity contribution in [3.63, 3.8) is 0 Å². The predicted octanol–water partition coefficient (Wildman–Crippen LogP) is 5.20. The van der Waals surface area contributed by atoms with E-state index >= 15 is 0 Å². The number of hydrogen-bond acceptors (Lipinski definition) is 3. The van der Waals surface area contributed by atoms with E-state index in [0.29, 0.717) is 12.0 Å². The molecule has 0 N–H and O–H groups in total. The Morgan fingerprint density at radius 3 is 2.45 bits per heavy atom. The van der Waals surface area contributed by atoms with Crippen molar-refractivity contribution >= 4 is 17.6 Å². The van der Waals surface area contributed by atoms with Gasteiger partial charge in [-0.25, -0.2) is 0 Å². The summed E-state index contributed by atoms with van der Waals surface area (Å²) in [6.45, 7) is 6.08. The van der Waals surface area contributed by atoms with E-state index in [2.05, 4.69) is 6.58 Å². The molecule has 4 nitrogen and oxygen atoms in total. The van der Waals surface area contributed by atoms with Gasteiger partial charge in [0.25, 0.3) is 5.91 Å². The molecule has 0 spiro atoms. The molecule has 2 aliphatic heterocycles. The van der Waals surface area contributed by atoms with Crippen molar-refractivity contribution < 1.29 is 14.3 Å². The Labute approximate surface area is 181 Å². The third-order valence-corrected chi connectivity index (χ3v) is 6.25. The number of benzene rings is 3. The van der Waals surface area contributed by atoms with Gasteiger partial charge in [-0.1, -0.05) is 72.3 Å². The summed E-state index contributed by atoms with van der Waals surface area (Å²) in [6.07, 6.45) is 0.609. The third-order valence-electron chi connectivity index (χ3n) is 6.25. The second-order valence-electron chi connectivity index (χ2n) is 8.18. The van der Waals surface area contributed by atoms with Gasteiger partial charge in [0, 0.05) is 17.7 Å². The fourth-order valence-electron chi connectivity index (χ4n) is 5.00. The molecule has 154 valence electrons. The van der Waals surface area contributed by atoms with E-state index in [1.54, 1.807) is 4.90 Å². The number of anilines is 1. The number of hydrogen-bond donors (Lipinski definition) is 0. The van der Waals surface area contributed by atoms with Gasteiger partial charge in [0.2, 0.25) is 0 Å². The van der Waals surface area contributed by atoms with Gasteiger partial charge in [0.05, 0.1) is 6.61 Å². The van der Waals surface area contributed by atoms with E-state index in [0.717, 1.165) is 28.0 Å². The minimum atomic E-state index is -0.973. The first kappa shape index (κ1) is 19.3. The number of fused-ring (bicyclic) bond motifs is 5. The van der Waals surface area contributed by atoms with Crippen molar-refractivity contribution in [1.29, 1.82) is 0 Å². The molecule has 0 saturated heterocycles. The molecule has 0 aliphatic carbocycles. The second kappa shape index (κ2) is 7.24. The molecule has 3 aromatic rings. The Bertz CT molecular complexity index is 1200. The van der Waals surface area contributed by atoms with Crippen LogP contribution in [0.15, 0.2) is 91.0 Å². The van der Waals surface area contributed by atoms with Crippen molar-refractivity contribution in [3.8, 4) is 0 Å². The molecule has 2 atom stereocenters. The second-order valence-corrected chi connectivity index (χ2v) is 8.18. The number of carbonyl (C=O) groups is 2. The maximum absolute atomic E-state index is 13.7. The monoisotopic (exact) mass is 409 g/mol. The van der Waals surface area contributed by atoms with Gasteiger partial charge in [0.1, 0.15) is 11.5 Å². The van der Waals surface area contributed by atoms with Crippen LogP contribution in [-0.4, -0.2) is 18.5 Å². The highest BCUT2D eigenvalue weighted by Gasteiger charge is 2.64. The quantitative estimate of drug-likeness (QED) is 0.430. The van der Waals surface area contributed by atoms with Crippen LogP contribution in [0.5, 0.6) is 0 Å². The van der Waals surface area contributed by atoms with Gasteiger partial charge < -0.3 is 4.74 Å². The van der Waals surface area contributed by atoms with Crippen molar-refractivity contribution in [2.75, 3.05) is 11.5 Å². The van der Waals surface area contributed by atoms with E-state index < -0.39 is 11.5 Å². The maximum Gasteiger partial charge on any atom is 0.316 e. The Hall–Kier alpha value is -3.66. The molecule has 4 heteroatoms. The lowest BCUT2D eigenvalue weighted by Gasteiger charge is -2.37. The van der Waals surface area contributed by atoms with E-state index in [4.69, 9.17) is 4.74 Å².